The van der Waals surface area contributed by atoms with Crippen LogP contribution in [-0.4, -0.2) is 27.5 Å². The van der Waals surface area contributed by atoms with Gasteiger partial charge < -0.3 is 5.32 Å². The Morgan fingerprint density at radius 1 is 1.61 bits per heavy atom. The minimum absolute atomic E-state index is 0.145. The van der Waals surface area contributed by atoms with E-state index in [0.717, 1.165) is 18.6 Å². The summed E-state index contributed by atoms with van der Waals surface area (Å²) < 4.78 is 0. The summed E-state index contributed by atoms with van der Waals surface area (Å²) in [5.41, 5.74) is -0.394. The van der Waals surface area contributed by atoms with E-state index in [-0.39, 0.29) is 11.4 Å². The fourth-order valence-corrected chi connectivity index (χ4v) is 2.90. The second-order valence-electron chi connectivity index (χ2n) is 3.99. The monoisotopic (exact) mass is 264 g/mol. The molecule has 6 nitrogen and oxygen atoms in total. The SMILES string of the molecule is N#Cc1nc(NC2CCCSC2)ccc1[N+](=O)[O-]. The number of aromatic nitrogens is 1. The molecule has 7 heteroatoms. The average molecular weight is 264 g/mol. The van der Waals surface area contributed by atoms with Crippen LogP contribution in [0, 0.1) is 21.4 Å². The van der Waals surface area contributed by atoms with Crippen molar-refractivity contribution in [1.29, 1.82) is 5.26 Å². The summed E-state index contributed by atoms with van der Waals surface area (Å²) in [4.78, 5) is 14.1. The molecule has 1 aliphatic rings. The third-order valence-electron chi connectivity index (χ3n) is 2.69. The van der Waals surface area contributed by atoms with Crippen LogP contribution >= 0.6 is 11.8 Å². The quantitative estimate of drug-likeness (QED) is 0.664. The van der Waals surface area contributed by atoms with E-state index in [2.05, 4.69) is 10.3 Å². The Labute approximate surface area is 109 Å². The number of rotatable bonds is 3. The number of nitro groups is 1. The molecule has 1 aromatic heterocycles. The van der Waals surface area contributed by atoms with Crippen molar-refractivity contribution in [3.8, 4) is 6.07 Å². The fraction of sp³-hybridized carbons (Fsp3) is 0.455. The van der Waals surface area contributed by atoms with E-state index < -0.39 is 4.92 Å². The highest BCUT2D eigenvalue weighted by molar-refractivity contribution is 7.99. The van der Waals surface area contributed by atoms with E-state index in [1.54, 1.807) is 12.1 Å². The van der Waals surface area contributed by atoms with Gasteiger partial charge in [0.05, 0.1) is 4.92 Å². The van der Waals surface area contributed by atoms with E-state index in [9.17, 15) is 10.1 Å². The lowest BCUT2D eigenvalue weighted by Crippen LogP contribution is -2.26. The molecule has 0 saturated carbocycles. The highest BCUT2D eigenvalue weighted by Gasteiger charge is 2.18. The molecule has 94 valence electrons. The Morgan fingerprint density at radius 2 is 2.44 bits per heavy atom. The number of nitrogens with one attached hydrogen (secondary N) is 1. The molecule has 1 fully saturated rings. The van der Waals surface area contributed by atoms with Gasteiger partial charge in [-0.25, -0.2) is 4.98 Å². The van der Waals surface area contributed by atoms with Crippen molar-refractivity contribution >= 4 is 23.3 Å². The maximum Gasteiger partial charge on any atom is 0.305 e. The van der Waals surface area contributed by atoms with Crippen LogP contribution in [0.4, 0.5) is 11.5 Å². The van der Waals surface area contributed by atoms with Gasteiger partial charge in [-0.1, -0.05) is 0 Å². The Balaban J connectivity index is 2.14. The molecule has 1 atom stereocenters. The molecule has 1 aromatic rings. The third kappa shape index (κ3) is 2.90. The van der Waals surface area contributed by atoms with Crippen molar-refractivity contribution in [2.24, 2.45) is 0 Å². The number of pyridine rings is 1. The summed E-state index contributed by atoms with van der Waals surface area (Å²) in [6.45, 7) is 0. The van der Waals surface area contributed by atoms with Crippen molar-refractivity contribution in [2.75, 3.05) is 16.8 Å². The molecule has 2 heterocycles. The summed E-state index contributed by atoms with van der Waals surface area (Å²) in [6.07, 6.45) is 2.22. The van der Waals surface area contributed by atoms with Crippen LogP contribution in [0.1, 0.15) is 18.5 Å². The summed E-state index contributed by atoms with van der Waals surface area (Å²) >= 11 is 1.88. The number of anilines is 1. The van der Waals surface area contributed by atoms with Crippen molar-refractivity contribution in [1.82, 2.24) is 4.98 Å². The third-order valence-corrected chi connectivity index (χ3v) is 3.90. The van der Waals surface area contributed by atoms with E-state index in [1.807, 2.05) is 11.8 Å². The summed E-state index contributed by atoms with van der Waals surface area (Å²) in [5, 5.41) is 22.7. The molecule has 0 radical (unpaired) electrons. The van der Waals surface area contributed by atoms with Gasteiger partial charge in [-0.3, -0.25) is 10.1 Å². The van der Waals surface area contributed by atoms with E-state index >= 15 is 0 Å². The zero-order valence-electron chi connectivity index (χ0n) is 9.63. The maximum atomic E-state index is 10.7. The minimum atomic E-state index is -0.591. The van der Waals surface area contributed by atoms with E-state index in [0.29, 0.717) is 11.9 Å². The molecule has 18 heavy (non-hydrogen) atoms. The molecule has 0 bridgehead atoms. The number of nitrogens with zero attached hydrogens (tertiary/aromatic N) is 3. The normalized spacial score (nSPS) is 18.9. The highest BCUT2D eigenvalue weighted by Crippen LogP contribution is 2.22. The lowest BCUT2D eigenvalue weighted by Gasteiger charge is -2.22. The van der Waals surface area contributed by atoms with E-state index in [4.69, 9.17) is 5.26 Å². The van der Waals surface area contributed by atoms with E-state index in [1.165, 1.54) is 11.8 Å². The number of thioether (sulfide) groups is 1. The number of nitriles is 1. The molecule has 0 spiro atoms. The predicted octanol–water partition coefficient (Wildman–Crippen LogP) is 2.17. The first-order chi connectivity index (χ1) is 8.70. The molecule has 0 aliphatic carbocycles. The second kappa shape index (κ2) is 5.69. The zero-order valence-corrected chi connectivity index (χ0v) is 10.4. The Morgan fingerprint density at radius 3 is 3.06 bits per heavy atom. The van der Waals surface area contributed by atoms with Gasteiger partial charge in [0.1, 0.15) is 11.9 Å². The fourth-order valence-electron chi connectivity index (χ4n) is 1.83. The van der Waals surface area contributed by atoms with Gasteiger partial charge in [0, 0.05) is 17.9 Å². The van der Waals surface area contributed by atoms with Crippen LogP contribution in [-0.2, 0) is 0 Å². The van der Waals surface area contributed by atoms with Gasteiger partial charge in [0.15, 0.2) is 0 Å². The first-order valence-corrected chi connectivity index (χ1v) is 6.76. The highest BCUT2D eigenvalue weighted by atomic mass is 32.2. The van der Waals surface area contributed by atoms with Crippen LogP contribution < -0.4 is 5.32 Å². The van der Waals surface area contributed by atoms with Crippen molar-refractivity contribution in [2.45, 2.75) is 18.9 Å². The smallest absolute Gasteiger partial charge is 0.305 e. The maximum absolute atomic E-state index is 10.7. The molecular formula is C11H12N4O2S. The van der Waals surface area contributed by atoms with Gasteiger partial charge in [-0.15, -0.1) is 0 Å². The average Bonchev–Trinajstić information content (AvgIpc) is 2.39. The minimum Gasteiger partial charge on any atom is -0.366 e. The van der Waals surface area contributed by atoms with Crippen LogP contribution in [0.5, 0.6) is 0 Å². The molecule has 1 aliphatic heterocycles. The van der Waals surface area contributed by atoms with Gasteiger partial charge in [0.25, 0.3) is 0 Å². The lowest BCUT2D eigenvalue weighted by molar-refractivity contribution is -0.385. The van der Waals surface area contributed by atoms with Crippen LogP contribution in [0.25, 0.3) is 0 Å². The van der Waals surface area contributed by atoms with Gasteiger partial charge >= 0.3 is 5.69 Å². The standard InChI is InChI=1S/C11H12N4O2S/c12-6-9-10(15(16)17)3-4-11(14-9)13-8-2-1-5-18-7-8/h3-4,8H,1-2,5,7H2,(H,13,14). The van der Waals surface area contributed by atoms with Crippen molar-refractivity contribution in [3.63, 3.8) is 0 Å². The first kappa shape index (κ1) is 12.6. The molecule has 0 amide bonds. The second-order valence-corrected chi connectivity index (χ2v) is 5.14. The number of hydrogen-bond donors (Lipinski definition) is 1. The van der Waals surface area contributed by atoms with Crippen molar-refractivity contribution in [3.05, 3.63) is 27.9 Å². The summed E-state index contributed by atoms with van der Waals surface area (Å²) in [5.74, 6) is 2.71. The molecule has 1 N–H and O–H groups in total. The van der Waals surface area contributed by atoms with Gasteiger partial charge in [0.2, 0.25) is 5.69 Å². The Bertz CT molecular complexity index is 494. The molecule has 0 aromatic carbocycles. The zero-order chi connectivity index (χ0) is 13.0. The molecule has 1 saturated heterocycles. The van der Waals surface area contributed by atoms with Gasteiger partial charge in [-0.05, 0) is 24.7 Å². The summed E-state index contributed by atoms with van der Waals surface area (Å²) in [7, 11) is 0. The lowest BCUT2D eigenvalue weighted by atomic mass is 10.2. The predicted molar refractivity (Wildman–Crippen MR) is 69.6 cm³/mol. The first-order valence-electron chi connectivity index (χ1n) is 5.60. The molecule has 2 rings (SSSR count). The molecular weight excluding hydrogens is 252 g/mol. The van der Waals surface area contributed by atoms with Crippen LogP contribution in [0.3, 0.4) is 0 Å². The summed E-state index contributed by atoms with van der Waals surface area (Å²) in [6, 6.07) is 4.96. The molecule has 1 unspecified atom stereocenters. The van der Waals surface area contributed by atoms with Crippen LogP contribution in [0.15, 0.2) is 12.1 Å². The van der Waals surface area contributed by atoms with Crippen molar-refractivity contribution < 1.29 is 4.92 Å². The topological polar surface area (TPSA) is 91.8 Å². The number of hydrogen-bond acceptors (Lipinski definition) is 6. The van der Waals surface area contributed by atoms with Crippen LogP contribution in [0.2, 0.25) is 0 Å². The largest absolute Gasteiger partial charge is 0.366 e. The van der Waals surface area contributed by atoms with Gasteiger partial charge in [-0.2, -0.15) is 17.0 Å². The Hall–Kier alpha value is -1.81. The Kier molecular flexibility index (Phi) is 3.99.